The van der Waals surface area contributed by atoms with Gasteiger partial charge in [0.05, 0.1) is 6.54 Å². The Bertz CT molecular complexity index is 252. The van der Waals surface area contributed by atoms with E-state index in [0.29, 0.717) is 12.5 Å². The van der Waals surface area contributed by atoms with Crippen LogP contribution in [0, 0.1) is 11.8 Å². The summed E-state index contributed by atoms with van der Waals surface area (Å²) < 4.78 is 0. The lowest BCUT2D eigenvalue weighted by Crippen LogP contribution is -2.43. The van der Waals surface area contributed by atoms with Crippen molar-refractivity contribution in [1.29, 1.82) is 0 Å². The third-order valence-electron chi connectivity index (χ3n) is 3.79. The second-order valence-electron chi connectivity index (χ2n) is 5.50. The number of aliphatic hydroxyl groups excluding tert-OH is 1. The quantitative estimate of drug-likeness (QED) is 0.715. The summed E-state index contributed by atoms with van der Waals surface area (Å²) in [6.45, 7) is 3.67. The molecule has 0 aromatic heterocycles. The highest BCUT2D eigenvalue weighted by molar-refractivity contribution is 5.78. The van der Waals surface area contributed by atoms with E-state index < -0.39 is 0 Å². The van der Waals surface area contributed by atoms with Gasteiger partial charge in [0.15, 0.2) is 0 Å². The first-order valence-corrected chi connectivity index (χ1v) is 6.88. The lowest BCUT2D eigenvalue weighted by Gasteiger charge is -2.31. The molecule has 1 unspecified atom stereocenters. The fraction of sp³-hybridized carbons (Fsp3) is 0.923. The summed E-state index contributed by atoms with van der Waals surface area (Å²) in [5.74, 6) is 1.49. The van der Waals surface area contributed by atoms with E-state index in [4.69, 9.17) is 5.11 Å². The lowest BCUT2D eigenvalue weighted by molar-refractivity contribution is -0.122. The fourth-order valence-corrected chi connectivity index (χ4v) is 2.55. The van der Waals surface area contributed by atoms with Crippen molar-refractivity contribution in [3.8, 4) is 0 Å². The second kappa shape index (κ2) is 6.36. The largest absolute Gasteiger partial charge is 0.396 e. The minimum atomic E-state index is 0.168. The van der Waals surface area contributed by atoms with Crippen LogP contribution in [0.25, 0.3) is 0 Å². The maximum atomic E-state index is 11.7. The number of hydrogen-bond donors (Lipinski definition) is 2. The number of amides is 1. The normalized spacial score (nSPS) is 25.8. The summed E-state index contributed by atoms with van der Waals surface area (Å²) in [6, 6.07) is 0. The van der Waals surface area contributed by atoms with Crippen molar-refractivity contribution >= 4 is 5.91 Å². The molecule has 4 heteroatoms. The van der Waals surface area contributed by atoms with E-state index in [2.05, 4.69) is 10.2 Å². The predicted octanol–water partition coefficient (Wildman–Crippen LogP) is 0.607. The van der Waals surface area contributed by atoms with E-state index in [-0.39, 0.29) is 12.5 Å². The summed E-state index contributed by atoms with van der Waals surface area (Å²) in [5, 5.41) is 11.9. The van der Waals surface area contributed by atoms with E-state index in [1.165, 1.54) is 19.3 Å². The summed E-state index contributed by atoms with van der Waals surface area (Å²) in [4.78, 5) is 13.9. The Morgan fingerprint density at radius 1 is 1.29 bits per heavy atom. The van der Waals surface area contributed by atoms with Gasteiger partial charge in [-0.3, -0.25) is 9.69 Å². The van der Waals surface area contributed by atoms with E-state index in [1.807, 2.05) is 0 Å². The van der Waals surface area contributed by atoms with Crippen molar-refractivity contribution in [3.05, 3.63) is 0 Å². The zero-order valence-electron chi connectivity index (χ0n) is 10.5. The molecule has 0 spiro atoms. The highest BCUT2D eigenvalue weighted by atomic mass is 16.3. The van der Waals surface area contributed by atoms with Gasteiger partial charge in [0.25, 0.3) is 0 Å². The summed E-state index contributed by atoms with van der Waals surface area (Å²) >= 11 is 0. The van der Waals surface area contributed by atoms with Crippen LogP contribution in [0.15, 0.2) is 0 Å². The predicted molar refractivity (Wildman–Crippen MR) is 66.6 cm³/mol. The van der Waals surface area contributed by atoms with Crippen LogP contribution in [0.2, 0.25) is 0 Å². The fourth-order valence-electron chi connectivity index (χ4n) is 2.55. The number of carbonyl (C=O) groups is 1. The Balaban J connectivity index is 1.64. The number of rotatable bonds is 6. The molecule has 0 radical (unpaired) electrons. The van der Waals surface area contributed by atoms with E-state index in [0.717, 1.165) is 38.4 Å². The molecule has 0 aromatic rings. The maximum Gasteiger partial charge on any atom is 0.234 e. The number of piperidine rings is 1. The van der Waals surface area contributed by atoms with Crippen molar-refractivity contribution in [3.63, 3.8) is 0 Å². The molecule has 1 atom stereocenters. The molecule has 0 aromatic carbocycles. The molecule has 2 N–H and O–H groups in total. The zero-order chi connectivity index (χ0) is 12.1. The van der Waals surface area contributed by atoms with Crippen molar-refractivity contribution in [1.82, 2.24) is 10.2 Å². The van der Waals surface area contributed by atoms with Gasteiger partial charge in [-0.1, -0.05) is 0 Å². The SMILES string of the molecule is O=C(CN1CCCC(CCO)C1)NCC1CC1. The molecule has 1 saturated carbocycles. The summed E-state index contributed by atoms with van der Waals surface area (Å²) in [5.41, 5.74) is 0. The molecular formula is C13H24N2O2. The molecule has 1 aliphatic heterocycles. The third kappa shape index (κ3) is 4.64. The summed E-state index contributed by atoms with van der Waals surface area (Å²) in [7, 11) is 0. The van der Waals surface area contributed by atoms with Crippen molar-refractivity contribution < 1.29 is 9.90 Å². The van der Waals surface area contributed by atoms with Gasteiger partial charge in [0.2, 0.25) is 5.91 Å². The van der Waals surface area contributed by atoms with Gasteiger partial charge in [0.1, 0.15) is 0 Å². The van der Waals surface area contributed by atoms with Gasteiger partial charge in [0, 0.05) is 19.7 Å². The monoisotopic (exact) mass is 240 g/mol. The zero-order valence-corrected chi connectivity index (χ0v) is 10.5. The molecule has 0 bridgehead atoms. The van der Waals surface area contributed by atoms with E-state index >= 15 is 0 Å². The molecule has 1 heterocycles. The van der Waals surface area contributed by atoms with Crippen LogP contribution in [0.3, 0.4) is 0 Å². The molecular weight excluding hydrogens is 216 g/mol. The maximum absolute atomic E-state index is 11.7. The molecule has 17 heavy (non-hydrogen) atoms. The van der Waals surface area contributed by atoms with E-state index in [9.17, 15) is 4.79 Å². The van der Waals surface area contributed by atoms with Crippen LogP contribution >= 0.6 is 0 Å². The minimum Gasteiger partial charge on any atom is -0.396 e. The topological polar surface area (TPSA) is 52.6 Å². The van der Waals surface area contributed by atoms with Crippen LogP contribution in [-0.4, -0.2) is 48.7 Å². The molecule has 4 nitrogen and oxygen atoms in total. The molecule has 1 saturated heterocycles. The molecule has 2 rings (SSSR count). The number of carbonyl (C=O) groups excluding carboxylic acids is 1. The first kappa shape index (κ1) is 12.8. The standard InChI is InChI=1S/C13H24N2O2/c16-7-5-12-2-1-6-15(9-12)10-13(17)14-8-11-3-4-11/h11-12,16H,1-10H2,(H,14,17). The van der Waals surface area contributed by atoms with E-state index in [1.54, 1.807) is 0 Å². The first-order chi connectivity index (χ1) is 8.28. The Morgan fingerprint density at radius 2 is 2.12 bits per heavy atom. The number of hydrogen-bond acceptors (Lipinski definition) is 3. The van der Waals surface area contributed by atoms with Crippen molar-refractivity contribution in [2.45, 2.75) is 32.1 Å². The Morgan fingerprint density at radius 3 is 2.82 bits per heavy atom. The molecule has 2 fully saturated rings. The lowest BCUT2D eigenvalue weighted by atomic mass is 9.95. The average Bonchev–Trinajstić information content (AvgIpc) is 3.11. The van der Waals surface area contributed by atoms with Crippen LogP contribution in [-0.2, 0) is 4.79 Å². The molecule has 1 amide bonds. The van der Waals surface area contributed by atoms with Crippen molar-refractivity contribution in [2.24, 2.45) is 11.8 Å². The third-order valence-corrected chi connectivity index (χ3v) is 3.79. The van der Waals surface area contributed by atoms with Gasteiger partial charge in [-0.2, -0.15) is 0 Å². The van der Waals surface area contributed by atoms with Crippen molar-refractivity contribution in [2.75, 3.05) is 32.8 Å². The highest BCUT2D eigenvalue weighted by Crippen LogP contribution is 2.27. The number of likely N-dealkylation sites (tertiary alicyclic amines) is 1. The van der Waals surface area contributed by atoms with Crippen LogP contribution < -0.4 is 5.32 Å². The number of nitrogens with zero attached hydrogens (tertiary/aromatic N) is 1. The molecule has 2 aliphatic rings. The Kier molecular flexibility index (Phi) is 4.80. The van der Waals surface area contributed by atoms with Crippen LogP contribution in [0.4, 0.5) is 0 Å². The van der Waals surface area contributed by atoms with Crippen LogP contribution in [0.5, 0.6) is 0 Å². The first-order valence-electron chi connectivity index (χ1n) is 6.88. The smallest absolute Gasteiger partial charge is 0.234 e. The van der Waals surface area contributed by atoms with Gasteiger partial charge in [-0.05, 0) is 50.5 Å². The Hall–Kier alpha value is -0.610. The molecule has 98 valence electrons. The Labute approximate surface area is 103 Å². The van der Waals surface area contributed by atoms with Gasteiger partial charge in [-0.25, -0.2) is 0 Å². The van der Waals surface area contributed by atoms with Gasteiger partial charge in [-0.15, -0.1) is 0 Å². The average molecular weight is 240 g/mol. The second-order valence-corrected chi connectivity index (χ2v) is 5.50. The summed E-state index contributed by atoms with van der Waals surface area (Å²) in [6.07, 6.45) is 5.78. The number of aliphatic hydroxyl groups is 1. The van der Waals surface area contributed by atoms with Crippen LogP contribution in [0.1, 0.15) is 32.1 Å². The van der Waals surface area contributed by atoms with Gasteiger partial charge < -0.3 is 10.4 Å². The minimum absolute atomic E-state index is 0.168. The van der Waals surface area contributed by atoms with Gasteiger partial charge >= 0.3 is 0 Å². The molecule has 1 aliphatic carbocycles. The highest BCUT2D eigenvalue weighted by Gasteiger charge is 2.23. The number of nitrogens with one attached hydrogen (secondary N) is 1.